The van der Waals surface area contributed by atoms with Gasteiger partial charge >= 0.3 is 0 Å². The van der Waals surface area contributed by atoms with E-state index < -0.39 is 0 Å². The predicted molar refractivity (Wildman–Crippen MR) is 98.2 cm³/mol. The minimum Gasteiger partial charge on any atom is -0.326 e. The summed E-state index contributed by atoms with van der Waals surface area (Å²) in [6.45, 7) is 9.11. The van der Waals surface area contributed by atoms with Crippen molar-refractivity contribution in [3.8, 4) is 0 Å². The highest BCUT2D eigenvalue weighted by molar-refractivity contribution is 6.31. The zero-order valence-corrected chi connectivity index (χ0v) is 15.2. The first-order valence-corrected chi connectivity index (χ1v) is 8.75. The Morgan fingerprint density at radius 1 is 1.38 bits per heavy atom. The van der Waals surface area contributed by atoms with Crippen molar-refractivity contribution in [2.75, 3.05) is 13.1 Å². The van der Waals surface area contributed by atoms with Crippen molar-refractivity contribution in [3.63, 3.8) is 0 Å². The Morgan fingerprint density at radius 3 is 2.83 bits per heavy atom. The van der Waals surface area contributed by atoms with E-state index in [9.17, 15) is 4.79 Å². The van der Waals surface area contributed by atoms with Crippen LogP contribution < -0.4 is 11.3 Å². The number of benzene rings is 1. The lowest BCUT2D eigenvalue weighted by molar-refractivity contribution is 0.263. The van der Waals surface area contributed by atoms with Crippen molar-refractivity contribution in [2.24, 2.45) is 17.1 Å². The number of rotatable bonds is 3. The maximum atomic E-state index is 12.2. The first kappa shape index (κ1) is 17.4. The van der Waals surface area contributed by atoms with E-state index >= 15 is 0 Å². The van der Waals surface area contributed by atoms with Gasteiger partial charge < -0.3 is 10.7 Å². The Hall–Kier alpha value is -1.43. The number of nitrogens with one attached hydrogen (secondary N) is 1. The summed E-state index contributed by atoms with van der Waals surface area (Å²) >= 11 is 6.01. The van der Waals surface area contributed by atoms with Crippen molar-refractivity contribution >= 4 is 22.5 Å². The number of fused-ring (bicyclic) bond motifs is 1. The van der Waals surface area contributed by atoms with Crippen molar-refractivity contribution in [1.82, 2.24) is 14.9 Å². The lowest BCUT2D eigenvalue weighted by Crippen LogP contribution is -2.31. The summed E-state index contributed by atoms with van der Waals surface area (Å²) in [4.78, 5) is 21.9. The number of halogens is 1. The van der Waals surface area contributed by atoms with Crippen LogP contribution in [0.3, 0.4) is 0 Å². The van der Waals surface area contributed by atoms with Gasteiger partial charge in [-0.05, 0) is 36.0 Å². The van der Waals surface area contributed by atoms with Gasteiger partial charge in [-0.2, -0.15) is 0 Å². The van der Waals surface area contributed by atoms with Crippen LogP contribution in [0.5, 0.6) is 0 Å². The largest absolute Gasteiger partial charge is 0.326 e. The SMILES string of the molecule is CC(C)(C)C[C@@H]1CN(Cc2nc3cc(Cl)ccc3c(=O)[nH]2)C[C@H]1N. The fraction of sp³-hybridized carbons (Fsp3) is 0.556. The van der Waals surface area contributed by atoms with E-state index in [0.29, 0.717) is 34.2 Å². The van der Waals surface area contributed by atoms with Gasteiger partial charge in [-0.3, -0.25) is 9.69 Å². The minimum atomic E-state index is -0.124. The van der Waals surface area contributed by atoms with Crippen LogP contribution in [-0.4, -0.2) is 34.0 Å². The van der Waals surface area contributed by atoms with E-state index in [1.54, 1.807) is 18.2 Å². The molecule has 5 nitrogen and oxygen atoms in total. The molecule has 1 aromatic heterocycles. The number of aromatic nitrogens is 2. The number of hydrogen-bond donors (Lipinski definition) is 2. The van der Waals surface area contributed by atoms with Crippen LogP contribution in [-0.2, 0) is 6.54 Å². The number of hydrogen-bond acceptors (Lipinski definition) is 4. The molecule has 130 valence electrons. The maximum Gasteiger partial charge on any atom is 0.258 e. The highest BCUT2D eigenvalue weighted by Crippen LogP contribution is 2.30. The molecule has 0 radical (unpaired) electrons. The number of nitrogens with two attached hydrogens (primary N) is 1. The molecule has 24 heavy (non-hydrogen) atoms. The molecule has 2 atom stereocenters. The molecule has 3 rings (SSSR count). The number of H-pyrrole nitrogens is 1. The van der Waals surface area contributed by atoms with E-state index in [-0.39, 0.29) is 17.0 Å². The maximum absolute atomic E-state index is 12.2. The number of nitrogens with zero attached hydrogens (tertiary/aromatic N) is 2. The molecule has 1 aliphatic heterocycles. The van der Waals surface area contributed by atoms with Crippen LogP contribution in [0.15, 0.2) is 23.0 Å². The third-order valence-corrected chi connectivity index (χ3v) is 4.77. The third-order valence-electron chi connectivity index (χ3n) is 4.53. The topological polar surface area (TPSA) is 75.0 Å². The van der Waals surface area contributed by atoms with Crippen molar-refractivity contribution in [2.45, 2.75) is 39.8 Å². The van der Waals surface area contributed by atoms with E-state index in [0.717, 1.165) is 19.5 Å². The van der Waals surface area contributed by atoms with Gasteiger partial charge in [0.1, 0.15) is 5.82 Å². The van der Waals surface area contributed by atoms with Gasteiger partial charge in [-0.25, -0.2) is 4.98 Å². The van der Waals surface area contributed by atoms with Crippen LogP contribution in [0, 0.1) is 11.3 Å². The number of likely N-dealkylation sites (tertiary alicyclic amines) is 1. The Balaban J connectivity index is 1.77. The molecule has 0 spiro atoms. The van der Waals surface area contributed by atoms with E-state index in [1.165, 1.54) is 0 Å². The molecule has 2 aromatic rings. The Morgan fingerprint density at radius 2 is 2.12 bits per heavy atom. The number of aromatic amines is 1. The molecule has 1 aliphatic rings. The van der Waals surface area contributed by atoms with Gasteiger partial charge in [0.05, 0.1) is 17.4 Å². The standard InChI is InChI=1S/C18H25ClN4O/c1-18(2,3)7-11-8-23(9-14(11)20)10-16-21-15-6-12(19)4-5-13(15)17(24)22-16/h4-6,11,14H,7-10,20H2,1-3H3,(H,21,22,24)/t11-,14-/m1/s1. The molecule has 0 amide bonds. The van der Waals surface area contributed by atoms with Gasteiger partial charge in [0.2, 0.25) is 0 Å². The smallest absolute Gasteiger partial charge is 0.258 e. The molecule has 1 aromatic carbocycles. The third kappa shape index (κ3) is 3.97. The second-order valence-electron chi connectivity index (χ2n) is 8.06. The van der Waals surface area contributed by atoms with E-state index in [2.05, 4.69) is 35.6 Å². The van der Waals surface area contributed by atoms with Crippen LogP contribution >= 0.6 is 11.6 Å². The molecule has 1 saturated heterocycles. The van der Waals surface area contributed by atoms with Gasteiger partial charge in [0.25, 0.3) is 5.56 Å². The lowest BCUT2D eigenvalue weighted by Gasteiger charge is -2.25. The second-order valence-corrected chi connectivity index (χ2v) is 8.49. The average Bonchev–Trinajstić information content (AvgIpc) is 2.75. The van der Waals surface area contributed by atoms with Gasteiger partial charge in [0, 0.05) is 24.2 Å². The van der Waals surface area contributed by atoms with Gasteiger partial charge in [-0.15, -0.1) is 0 Å². The molecule has 1 fully saturated rings. The summed E-state index contributed by atoms with van der Waals surface area (Å²) in [6.07, 6.45) is 1.10. The zero-order chi connectivity index (χ0) is 17.5. The van der Waals surface area contributed by atoms with Crippen molar-refractivity contribution in [3.05, 3.63) is 39.4 Å². The average molecular weight is 349 g/mol. The molecular weight excluding hydrogens is 324 g/mol. The molecular formula is C18H25ClN4O. The fourth-order valence-corrected chi connectivity index (χ4v) is 3.73. The highest BCUT2D eigenvalue weighted by atomic mass is 35.5. The summed E-state index contributed by atoms with van der Waals surface area (Å²) in [5, 5.41) is 1.15. The Kier molecular flexibility index (Phi) is 4.69. The summed E-state index contributed by atoms with van der Waals surface area (Å²) in [6, 6.07) is 5.31. The summed E-state index contributed by atoms with van der Waals surface area (Å²) < 4.78 is 0. The van der Waals surface area contributed by atoms with Crippen LogP contribution in [0.4, 0.5) is 0 Å². The quantitative estimate of drug-likeness (QED) is 0.894. The summed E-state index contributed by atoms with van der Waals surface area (Å²) in [7, 11) is 0. The summed E-state index contributed by atoms with van der Waals surface area (Å²) in [5.74, 6) is 1.14. The Labute approximate surface area is 147 Å². The molecule has 2 heterocycles. The Bertz CT molecular complexity index is 796. The van der Waals surface area contributed by atoms with E-state index in [1.807, 2.05) is 0 Å². The van der Waals surface area contributed by atoms with Crippen LogP contribution in [0.25, 0.3) is 10.9 Å². The molecule has 6 heteroatoms. The second kappa shape index (κ2) is 6.47. The first-order valence-electron chi connectivity index (χ1n) is 8.38. The molecule has 0 bridgehead atoms. The van der Waals surface area contributed by atoms with E-state index in [4.69, 9.17) is 17.3 Å². The van der Waals surface area contributed by atoms with Crippen molar-refractivity contribution < 1.29 is 0 Å². The van der Waals surface area contributed by atoms with Crippen LogP contribution in [0.1, 0.15) is 33.0 Å². The minimum absolute atomic E-state index is 0.124. The normalized spacial score (nSPS) is 22.4. The fourth-order valence-electron chi connectivity index (χ4n) is 3.57. The molecule has 0 aliphatic carbocycles. The van der Waals surface area contributed by atoms with Crippen molar-refractivity contribution in [1.29, 1.82) is 0 Å². The molecule has 3 N–H and O–H groups in total. The predicted octanol–water partition coefficient (Wildman–Crippen LogP) is 2.77. The summed E-state index contributed by atoms with van der Waals surface area (Å²) in [5.41, 5.74) is 7.10. The molecule has 0 saturated carbocycles. The zero-order valence-electron chi connectivity index (χ0n) is 14.5. The highest BCUT2D eigenvalue weighted by Gasteiger charge is 2.33. The lowest BCUT2D eigenvalue weighted by atomic mass is 9.83. The van der Waals surface area contributed by atoms with Gasteiger partial charge in [-0.1, -0.05) is 32.4 Å². The van der Waals surface area contributed by atoms with Crippen LogP contribution in [0.2, 0.25) is 5.02 Å². The molecule has 0 unspecified atom stereocenters. The van der Waals surface area contributed by atoms with Gasteiger partial charge in [0.15, 0.2) is 0 Å². The monoisotopic (exact) mass is 348 g/mol. The first-order chi connectivity index (χ1) is 11.2.